The summed E-state index contributed by atoms with van der Waals surface area (Å²) in [6.07, 6.45) is 3.34. The predicted molar refractivity (Wildman–Crippen MR) is 88.4 cm³/mol. The summed E-state index contributed by atoms with van der Waals surface area (Å²) >= 11 is 5.89. The van der Waals surface area contributed by atoms with Crippen molar-refractivity contribution in [3.8, 4) is 11.5 Å². The van der Waals surface area contributed by atoms with E-state index in [0.717, 1.165) is 16.9 Å². The van der Waals surface area contributed by atoms with Crippen LogP contribution in [-0.4, -0.2) is 12.8 Å². The Labute approximate surface area is 138 Å². The number of carbonyl (C=O) groups excluding carboxylic acids is 1. The first-order chi connectivity index (χ1) is 11.2. The maximum Gasteiger partial charge on any atom is 0.319 e. The molecule has 2 amide bonds. The standard InChI is InChI=1S/C17H15ClN2O3/c18-14-3-1-2-12(8-14)6-7-19-17(21)20-10-13-4-5-15-16(9-13)23-11-22-15/h1-9H,10-11H2,(H2,19,20,21)/b7-6+. The van der Waals surface area contributed by atoms with E-state index in [1.165, 1.54) is 0 Å². The van der Waals surface area contributed by atoms with Gasteiger partial charge in [-0.3, -0.25) is 0 Å². The third-order valence-electron chi connectivity index (χ3n) is 3.23. The molecule has 5 nitrogen and oxygen atoms in total. The highest BCUT2D eigenvalue weighted by Gasteiger charge is 2.13. The second kappa shape index (κ2) is 7.07. The summed E-state index contributed by atoms with van der Waals surface area (Å²) in [5, 5.41) is 6.06. The van der Waals surface area contributed by atoms with Crippen LogP contribution in [0.25, 0.3) is 6.08 Å². The Hall–Kier alpha value is -2.66. The number of hydrogen-bond donors (Lipinski definition) is 2. The molecule has 0 saturated heterocycles. The largest absolute Gasteiger partial charge is 0.454 e. The van der Waals surface area contributed by atoms with E-state index in [0.29, 0.717) is 17.3 Å². The van der Waals surface area contributed by atoms with E-state index in [1.54, 1.807) is 18.3 Å². The van der Waals surface area contributed by atoms with Gasteiger partial charge in [-0.15, -0.1) is 0 Å². The van der Waals surface area contributed by atoms with Gasteiger partial charge in [-0.25, -0.2) is 4.79 Å². The van der Waals surface area contributed by atoms with Crippen molar-refractivity contribution in [2.24, 2.45) is 0 Å². The van der Waals surface area contributed by atoms with E-state index in [2.05, 4.69) is 10.6 Å². The molecule has 0 radical (unpaired) electrons. The number of amides is 2. The molecule has 0 aliphatic carbocycles. The van der Waals surface area contributed by atoms with E-state index in [4.69, 9.17) is 21.1 Å². The molecule has 1 aliphatic rings. The molecule has 3 rings (SSSR count). The van der Waals surface area contributed by atoms with Gasteiger partial charge in [0.1, 0.15) is 0 Å². The molecule has 0 atom stereocenters. The number of nitrogens with one attached hydrogen (secondary N) is 2. The molecule has 1 heterocycles. The van der Waals surface area contributed by atoms with Crippen LogP contribution in [0.2, 0.25) is 5.02 Å². The Balaban J connectivity index is 1.48. The zero-order valence-electron chi connectivity index (χ0n) is 12.2. The number of ether oxygens (including phenoxy) is 2. The van der Waals surface area contributed by atoms with Crippen molar-refractivity contribution in [3.05, 3.63) is 64.8 Å². The SMILES string of the molecule is O=C(N/C=C/c1cccc(Cl)c1)NCc1ccc2c(c1)OCO2. The van der Waals surface area contributed by atoms with Crippen LogP contribution in [-0.2, 0) is 6.54 Å². The molecule has 0 unspecified atom stereocenters. The van der Waals surface area contributed by atoms with Gasteiger partial charge >= 0.3 is 6.03 Å². The van der Waals surface area contributed by atoms with Gasteiger partial charge in [-0.2, -0.15) is 0 Å². The zero-order chi connectivity index (χ0) is 16.1. The van der Waals surface area contributed by atoms with Crippen molar-refractivity contribution in [2.75, 3.05) is 6.79 Å². The maximum atomic E-state index is 11.8. The molecule has 2 aromatic rings. The zero-order valence-corrected chi connectivity index (χ0v) is 13.0. The quantitative estimate of drug-likeness (QED) is 0.901. The van der Waals surface area contributed by atoms with Crippen LogP contribution in [0.1, 0.15) is 11.1 Å². The highest BCUT2D eigenvalue weighted by atomic mass is 35.5. The summed E-state index contributed by atoms with van der Waals surface area (Å²) in [4.78, 5) is 11.8. The molecule has 2 aromatic carbocycles. The van der Waals surface area contributed by atoms with Gasteiger partial charge in [0.2, 0.25) is 6.79 Å². The minimum absolute atomic E-state index is 0.237. The van der Waals surface area contributed by atoms with Crippen LogP contribution in [0.3, 0.4) is 0 Å². The fourth-order valence-electron chi connectivity index (χ4n) is 2.11. The van der Waals surface area contributed by atoms with Crippen molar-refractivity contribution in [2.45, 2.75) is 6.54 Å². The van der Waals surface area contributed by atoms with Crippen molar-refractivity contribution in [1.29, 1.82) is 0 Å². The Kier molecular flexibility index (Phi) is 4.68. The number of carbonyl (C=O) groups is 1. The van der Waals surface area contributed by atoms with Gasteiger partial charge in [0.15, 0.2) is 11.5 Å². The van der Waals surface area contributed by atoms with Crippen LogP contribution in [0.15, 0.2) is 48.7 Å². The summed E-state index contributed by atoms with van der Waals surface area (Å²) in [5.74, 6) is 1.42. The molecule has 0 spiro atoms. The molecule has 6 heteroatoms. The first-order valence-electron chi connectivity index (χ1n) is 7.06. The maximum absolute atomic E-state index is 11.8. The van der Waals surface area contributed by atoms with E-state index in [1.807, 2.05) is 36.4 Å². The van der Waals surface area contributed by atoms with Gasteiger partial charge in [0.05, 0.1) is 0 Å². The van der Waals surface area contributed by atoms with Gasteiger partial charge in [-0.05, 0) is 41.5 Å². The molecule has 0 saturated carbocycles. The molecular weight excluding hydrogens is 316 g/mol. The van der Waals surface area contributed by atoms with Crippen molar-refractivity contribution >= 4 is 23.7 Å². The van der Waals surface area contributed by atoms with E-state index < -0.39 is 0 Å². The summed E-state index contributed by atoms with van der Waals surface area (Å²) in [5.41, 5.74) is 1.84. The fourth-order valence-corrected chi connectivity index (χ4v) is 2.31. The molecule has 118 valence electrons. The summed E-state index contributed by atoms with van der Waals surface area (Å²) in [6.45, 7) is 0.633. The second-order valence-electron chi connectivity index (χ2n) is 4.90. The monoisotopic (exact) mass is 330 g/mol. The molecule has 23 heavy (non-hydrogen) atoms. The van der Waals surface area contributed by atoms with Crippen molar-refractivity contribution in [1.82, 2.24) is 10.6 Å². The van der Waals surface area contributed by atoms with Gasteiger partial charge < -0.3 is 20.1 Å². The molecule has 1 aliphatic heterocycles. The lowest BCUT2D eigenvalue weighted by atomic mass is 10.2. The molecule has 0 aromatic heterocycles. The first-order valence-corrected chi connectivity index (χ1v) is 7.43. The third-order valence-corrected chi connectivity index (χ3v) is 3.46. The average molecular weight is 331 g/mol. The Morgan fingerprint density at radius 3 is 2.91 bits per heavy atom. The second-order valence-corrected chi connectivity index (χ2v) is 5.34. The first kappa shape index (κ1) is 15.2. The van der Waals surface area contributed by atoms with Crippen molar-refractivity contribution in [3.63, 3.8) is 0 Å². The highest BCUT2D eigenvalue weighted by molar-refractivity contribution is 6.30. The fraction of sp³-hybridized carbons (Fsp3) is 0.118. The topological polar surface area (TPSA) is 59.6 Å². The number of benzene rings is 2. The Morgan fingerprint density at radius 1 is 1.17 bits per heavy atom. The molecule has 0 fully saturated rings. The smallest absolute Gasteiger partial charge is 0.319 e. The van der Waals surface area contributed by atoms with E-state index in [9.17, 15) is 4.79 Å². The van der Waals surface area contributed by atoms with Gasteiger partial charge in [0.25, 0.3) is 0 Å². The van der Waals surface area contributed by atoms with Crippen LogP contribution in [0.4, 0.5) is 4.79 Å². The average Bonchev–Trinajstić information content (AvgIpc) is 3.00. The third kappa shape index (κ3) is 4.17. The molecule has 2 N–H and O–H groups in total. The normalized spacial score (nSPS) is 12.4. The summed E-state index contributed by atoms with van der Waals surface area (Å²) < 4.78 is 10.5. The Bertz CT molecular complexity index is 746. The number of halogens is 1. The lowest BCUT2D eigenvalue weighted by Gasteiger charge is -2.05. The summed E-state index contributed by atoms with van der Waals surface area (Å²) in [7, 11) is 0. The number of urea groups is 1. The Morgan fingerprint density at radius 2 is 2.04 bits per heavy atom. The van der Waals surface area contributed by atoms with Crippen LogP contribution in [0.5, 0.6) is 11.5 Å². The van der Waals surface area contributed by atoms with Gasteiger partial charge in [0, 0.05) is 17.8 Å². The van der Waals surface area contributed by atoms with Gasteiger partial charge in [-0.1, -0.05) is 29.8 Å². The van der Waals surface area contributed by atoms with Crippen LogP contribution >= 0.6 is 11.6 Å². The lowest BCUT2D eigenvalue weighted by molar-refractivity contribution is 0.174. The lowest BCUT2D eigenvalue weighted by Crippen LogP contribution is -2.31. The highest BCUT2D eigenvalue weighted by Crippen LogP contribution is 2.32. The number of hydrogen-bond acceptors (Lipinski definition) is 3. The number of fused-ring (bicyclic) bond motifs is 1. The minimum atomic E-state index is -0.291. The predicted octanol–water partition coefficient (Wildman–Crippen LogP) is 3.54. The number of rotatable bonds is 4. The summed E-state index contributed by atoms with van der Waals surface area (Å²) in [6, 6.07) is 12.6. The van der Waals surface area contributed by atoms with Crippen LogP contribution in [0, 0.1) is 0 Å². The van der Waals surface area contributed by atoms with E-state index in [-0.39, 0.29) is 12.8 Å². The van der Waals surface area contributed by atoms with Crippen molar-refractivity contribution < 1.29 is 14.3 Å². The molecule has 0 bridgehead atoms. The molecular formula is C17H15ClN2O3. The minimum Gasteiger partial charge on any atom is -0.454 e. The van der Waals surface area contributed by atoms with E-state index >= 15 is 0 Å². The van der Waals surface area contributed by atoms with Crippen LogP contribution < -0.4 is 20.1 Å².